The topological polar surface area (TPSA) is 72.9 Å². The van der Waals surface area contributed by atoms with Gasteiger partial charge in [0, 0.05) is 18.3 Å². The first-order valence-electron chi connectivity index (χ1n) is 7.05. The summed E-state index contributed by atoms with van der Waals surface area (Å²) in [6.45, 7) is 4.15. The molecule has 0 saturated heterocycles. The monoisotopic (exact) mass is 264 g/mol. The predicted molar refractivity (Wildman–Crippen MR) is 74.5 cm³/mol. The van der Waals surface area contributed by atoms with Gasteiger partial charge in [0.1, 0.15) is 0 Å². The minimum absolute atomic E-state index is 0.0459. The number of nitrogens with two attached hydrogens (primary N) is 1. The van der Waals surface area contributed by atoms with E-state index >= 15 is 0 Å². The van der Waals surface area contributed by atoms with Crippen LogP contribution in [0.15, 0.2) is 6.20 Å². The zero-order valence-corrected chi connectivity index (χ0v) is 12.0. The van der Waals surface area contributed by atoms with Gasteiger partial charge in [0.05, 0.1) is 18.3 Å². The van der Waals surface area contributed by atoms with E-state index in [9.17, 15) is 4.79 Å². The van der Waals surface area contributed by atoms with Gasteiger partial charge < -0.3 is 11.1 Å². The van der Waals surface area contributed by atoms with E-state index in [4.69, 9.17) is 5.73 Å². The van der Waals surface area contributed by atoms with Gasteiger partial charge in [-0.1, -0.05) is 13.8 Å². The Labute approximate surface area is 114 Å². The van der Waals surface area contributed by atoms with Crippen molar-refractivity contribution >= 4 is 5.91 Å². The van der Waals surface area contributed by atoms with Crippen LogP contribution in [0.4, 0.5) is 0 Å². The lowest BCUT2D eigenvalue weighted by Gasteiger charge is -2.25. The first-order valence-corrected chi connectivity index (χ1v) is 7.05. The van der Waals surface area contributed by atoms with Gasteiger partial charge in [-0.25, -0.2) is 0 Å². The molecule has 0 fully saturated rings. The summed E-state index contributed by atoms with van der Waals surface area (Å²) in [5, 5.41) is 7.36. The molecular weight excluding hydrogens is 240 g/mol. The molecule has 0 aromatic carbocycles. The highest BCUT2D eigenvalue weighted by atomic mass is 16.2. The highest BCUT2D eigenvalue weighted by Crippen LogP contribution is 2.29. The molecule has 1 aromatic rings. The molecule has 1 unspecified atom stereocenters. The van der Waals surface area contributed by atoms with Crippen molar-refractivity contribution in [2.45, 2.75) is 51.6 Å². The van der Waals surface area contributed by atoms with E-state index in [0.29, 0.717) is 5.92 Å². The Morgan fingerprint density at radius 2 is 2.37 bits per heavy atom. The van der Waals surface area contributed by atoms with Gasteiger partial charge in [-0.15, -0.1) is 0 Å². The number of nitrogens with zero attached hydrogens (tertiary/aromatic N) is 2. The van der Waals surface area contributed by atoms with Crippen LogP contribution in [-0.4, -0.2) is 21.7 Å². The lowest BCUT2D eigenvalue weighted by atomic mass is 9.92. The standard InChI is InChI=1S/C14H24N4O/c1-9(2)7-11(15)14(19)17-12-5-4-6-13-10(12)8-16-18(13)3/h8-9,11-12H,4-7,15H2,1-3H3,(H,17,19)/t11-,12?/m1/s1. The molecule has 0 spiro atoms. The summed E-state index contributed by atoms with van der Waals surface area (Å²) in [5.41, 5.74) is 8.31. The fraction of sp³-hybridized carbons (Fsp3) is 0.714. The third kappa shape index (κ3) is 3.15. The minimum atomic E-state index is -0.415. The molecule has 0 radical (unpaired) electrons. The van der Waals surface area contributed by atoms with Crippen LogP contribution in [0, 0.1) is 5.92 Å². The average Bonchev–Trinajstić information content (AvgIpc) is 2.71. The molecule has 5 heteroatoms. The Kier molecular flexibility index (Phi) is 4.24. The van der Waals surface area contributed by atoms with E-state index in [1.807, 2.05) is 17.9 Å². The van der Waals surface area contributed by atoms with Crippen molar-refractivity contribution in [3.63, 3.8) is 0 Å². The Bertz CT molecular complexity index is 452. The van der Waals surface area contributed by atoms with Crippen LogP contribution in [0.25, 0.3) is 0 Å². The number of rotatable bonds is 4. The van der Waals surface area contributed by atoms with Gasteiger partial charge >= 0.3 is 0 Å². The van der Waals surface area contributed by atoms with Crippen LogP contribution in [0.5, 0.6) is 0 Å². The number of aryl methyl sites for hydroxylation is 1. The van der Waals surface area contributed by atoms with Crippen molar-refractivity contribution in [3.05, 3.63) is 17.5 Å². The quantitative estimate of drug-likeness (QED) is 0.860. The van der Waals surface area contributed by atoms with Crippen molar-refractivity contribution in [3.8, 4) is 0 Å². The molecule has 1 amide bonds. The van der Waals surface area contributed by atoms with E-state index < -0.39 is 6.04 Å². The maximum Gasteiger partial charge on any atom is 0.237 e. The van der Waals surface area contributed by atoms with Gasteiger partial charge in [-0.05, 0) is 31.6 Å². The second-order valence-corrected chi connectivity index (χ2v) is 5.86. The molecule has 2 rings (SSSR count). The van der Waals surface area contributed by atoms with Crippen molar-refractivity contribution in [2.24, 2.45) is 18.7 Å². The van der Waals surface area contributed by atoms with Crippen LogP contribution >= 0.6 is 0 Å². The number of carbonyl (C=O) groups excluding carboxylic acids is 1. The maximum atomic E-state index is 12.1. The number of hydrogen-bond acceptors (Lipinski definition) is 3. The summed E-state index contributed by atoms with van der Waals surface area (Å²) >= 11 is 0. The average molecular weight is 264 g/mol. The largest absolute Gasteiger partial charge is 0.348 e. The smallest absolute Gasteiger partial charge is 0.237 e. The zero-order chi connectivity index (χ0) is 14.0. The third-order valence-electron chi connectivity index (χ3n) is 3.75. The van der Waals surface area contributed by atoms with Crippen LogP contribution in [0.2, 0.25) is 0 Å². The van der Waals surface area contributed by atoms with Gasteiger partial charge in [0.25, 0.3) is 0 Å². The van der Waals surface area contributed by atoms with Gasteiger partial charge in [0.2, 0.25) is 5.91 Å². The fourth-order valence-corrected chi connectivity index (χ4v) is 2.75. The van der Waals surface area contributed by atoms with Crippen LogP contribution in [0.3, 0.4) is 0 Å². The molecule has 1 aliphatic rings. The molecule has 5 nitrogen and oxygen atoms in total. The SMILES string of the molecule is CC(C)C[C@@H](N)C(=O)NC1CCCc2c1cnn2C. The molecule has 3 N–H and O–H groups in total. The van der Waals surface area contributed by atoms with Crippen molar-refractivity contribution in [2.75, 3.05) is 0 Å². The maximum absolute atomic E-state index is 12.1. The summed E-state index contributed by atoms with van der Waals surface area (Å²) in [4.78, 5) is 12.1. The molecule has 1 aliphatic carbocycles. The van der Waals surface area contributed by atoms with Crippen LogP contribution in [-0.2, 0) is 18.3 Å². The van der Waals surface area contributed by atoms with Gasteiger partial charge in [-0.3, -0.25) is 9.48 Å². The highest BCUT2D eigenvalue weighted by molar-refractivity contribution is 5.81. The first kappa shape index (κ1) is 14.1. The summed E-state index contributed by atoms with van der Waals surface area (Å²) in [6.07, 6.45) is 5.68. The minimum Gasteiger partial charge on any atom is -0.348 e. The third-order valence-corrected chi connectivity index (χ3v) is 3.75. The van der Waals surface area contributed by atoms with Crippen LogP contribution < -0.4 is 11.1 Å². The molecule has 2 atom stereocenters. The van der Waals surface area contributed by atoms with Gasteiger partial charge in [0.15, 0.2) is 0 Å². The molecule has 19 heavy (non-hydrogen) atoms. The lowest BCUT2D eigenvalue weighted by molar-refractivity contribution is -0.123. The Balaban J connectivity index is 2.02. The molecule has 1 heterocycles. The first-order chi connectivity index (χ1) is 8.99. The molecular formula is C14H24N4O. The van der Waals surface area contributed by atoms with Crippen LogP contribution in [0.1, 0.15) is 50.4 Å². The van der Waals surface area contributed by atoms with E-state index in [1.54, 1.807) is 0 Å². The summed E-state index contributed by atoms with van der Waals surface area (Å²) < 4.78 is 1.90. The number of aromatic nitrogens is 2. The van der Waals surface area contributed by atoms with E-state index in [0.717, 1.165) is 31.2 Å². The number of carbonyl (C=O) groups is 1. The van der Waals surface area contributed by atoms with Crippen molar-refractivity contribution in [1.29, 1.82) is 0 Å². The zero-order valence-electron chi connectivity index (χ0n) is 12.0. The molecule has 1 aromatic heterocycles. The number of hydrogen-bond donors (Lipinski definition) is 2. The second-order valence-electron chi connectivity index (χ2n) is 5.86. The van der Waals surface area contributed by atoms with Gasteiger partial charge in [-0.2, -0.15) is 5.10 Å². The number of nitrogens with one attached hydrogen (secondary N) is 1. The number of fused-ring (bicyclic) bond motifs is 1. The predicted octanol–water partition coefficient (Wildman–Crippen LogP) is 1.29. The Hall–Kier alpha value is -1.36. The van der Waals surface area contributed by atoms with Crippen molar-refractivity contribution in [1.82, 2.24) is 15.1 Å². The van der Waals surface area contributed by atoms with E-state index in [2.05, 4.69) is 24.3 Å². The summed E-state index contributed by atoms with van der Waals surface area (Å²) in [7, 11) is 1.95. The number of amides is 1. The van der Waals surface area contributed by atoms with E-state index in [1.165, 1.54) is 5.69 Å². The molecule has 0 bridgehead atoms. The molecule has 0 saturated carbocycles. The highest BCUT2D eigenvalue weighted by Gasteiger charge is 2.26. The summed E-state index contributed by atoms with van der Waals surface area (Å²) in [5.74, 6) is 0.386. The Morgan fingerprint density at radius 3 is 3.05 bits per heavy atom. The summed E-state index contributed by atoms with van der Waals surface area (Å²) in [6, 6.07) is -0.342. The van der Waals surface area contributed by atoms with E-state index in [-0.39, 0.29) is 11.9 Å². The molecule has 106 valence electrons. The van der Waals surface area contributed by atoms with Crippen molar-refractivity contribution < 1.29 is 4.79 Å². The second kappa shape index (κ2) is 5.74. The fourth-order valence-electron chi connectivity index (χ4n) is 2.75. The molecule has 0 aliphatic heterocycles. The Morgan fingerprint density at radius 1 is 1.63 bits per heavy atom. The normalized spacial score (nSPS) is 20.2. The lowest BCUT2D eigenvalue weighted by Crippen LogP contribution is -2.43.